The van der Waals surface area contributed by atoms with Crippen LogP contribution in [0.4, 0.5) is 0 Å². The van der Waals surface area contributed by atoms with E-state index in [4.69, 9.17) is 16.6 Å². The lowest BCUT2D eigenvalue weighted by molar-refractivity contribution is 0.0953. The molecule has 0 bridgehead atoms. The van der Waals surface area contributed by atoms with Gasteiger partial charge < -0.3 is 5.32 Å². The summed E-state index contributed by atoms with van der Waals surface area (Å²) in [6.07, 6.45) is 1.88. The summed E-state index contributed by atoms with van der Waals surface area (Å²) in [5, 5.41) is 3.57. The monoisotopic (exact) mass is 312 g/mol. The Balaban J connectivity index is 2.17. The number of halogens is 1. The third kappa shape index (κ3) is 3.20. The molecule has 0 radical (unpaired) electrons. The van der Waals surface area contributed by atoms with Gasteiger partial charge in [0, 0.05) is 34.8 Å². The first-order chi connectivity index (χ1) is 10.8. The van der Waals surface area contributed by atoms with Gasteiger partial charge in [-0.15, -0.1) is 0 Å². The summed E-state index contributed by atoms with van der Waals surface area (Å²) in [4.78, 5) is 17.2. The molecule has 112 valence electrons. The van der Waals surface area contributed by atoms with Crippen molar-refractivity contribution >= 4 is 23.2 Å². The van der Waals surface area contributed by atoms with Gasteiger partial charge in [0.05, 0.1) is 5.71 Å². The SMILES string of the molecule is O=C1NCCCCN=C(c2ccccc2)c2cc(Cl)ccc21. The lowest BCUT2D eigenvalue weighted by Crippen LogP contribution is -2.27. The van der Waals surface area contributed by atoms with Crippen molar-refractivity contribution in [1.29, 1.82) is 0 Å². The maximum Gasteiger partial charge on any atom is 0.251 e. The summed E-state index contributed by atoms with van der Waals surface area (Å²) in [5.41, 5.74) is 3.24. The molecular formula is C18H17ClN2O. The van der Waals surface area contributed by atoms with E-state index in [0.717, 1.165) is 36.2 Å². The molecule has 0 aliphatic carbocycles. The van der Waals surface area contributed by atoms with Crippen LogP contribution in [0.25, 0.3) is 0 Å². The molecule has 0 saturated carbocycles. The van der Waals surface area contributed by atoms with E-state index in [1.807, 2.05) is 36.4 Å². The van der Waals surface area contributed by atoms with Gasteiger partial charge in [-0.2, -0.15) is 0 Å². The van der Waals surface area contributed by atoms with E-state index in [2.05, 4.69) is 5.32 Å². The highest BCUT2D eigenvalue weighted by molar-refractivity contribution is 6.31. The molecule has 22 heavy (non-hydrogen) atoms. The first-order valence-electron chi connectivity index (χ1n) is 7.44. The molecule has 0 atom stereocenters. The van der Waals surface area contributed by atoms with Gasteiger partial charge in [-0.1, -0.05) is 41.9 Å². The number of aliphatic imine (C=N–C) groups is 1. The molecule has 0 fully saturated rings. The number of carbonyl (C=O) groups excluding carboxylic acids is 1. The van der Waals surface area contributed by atoms with Gasteiger partial charge in [-0.05, 0) is 31.0 Å². The second-order valence-corrected chi connectivity index (χ2v) is 5.69. The molecule has 0 aromatic heterocycles. The zero-order valence-electron chi connectivity index (χ0n) is 12.2. The van der Waals surface area contributed by atoms with Crippen LogP contribution in [-0.2, 0) is 0 Å². The van der Waals surface area contributed by atoms with Crippen LogP contribution < -0.4 is 5.32 Å². The minimum atomic E-state index is -0.0720. The average molecular weight is 313 g/mol. The number of carbonyl (C=O) groups is 1. The number of nitrogens with one attached hydrogen (secondary N) is 1. The molecule has 1 amide bonds. The van der Waals surface area contributed by atoms with E-state index in [9.17, 15) is 4.79 Å². The van der Waals surface area contributed by atoms with Crippen LogP contribution in [0.2, 0.25) is 5.02 Å². The average Bonchev–Trinajstić information content (AvgIpc) is 2.54. The van der Waals surface area contributed by atoms with Gasteiger partial charge in [0.2, 0.25) is 0 Å². The normalized spacial score (nSPS) is 15.5. The quantitative estimate of drug-likeness (QED) is 0.857. The van der Waals surface area contributed by atoms with Crippen molar-refractivity contribution in [2.75, 3.05) is 13.1 Å². The molecule has 1 aliphatic heterocycles. The van der Waals surface area contributed by atoms with E-state index in [1.54, 1.807) is 12.1 Å². The summed E-state index contributed by atoms with van der Waals surface area (Å²) in [6, 6.07) is 15.3. The highest BCUT2D eigenvalue weighted by Gasteiger charge is 2.18. The highest BCUT2D eigenvalue weighted by atomic mass is 35.5. The van der Waals surface area contributed by atoms with Crippen molar-refractivity contribution < 1.29 is 4.79 Å². The Morgan fingerprint density at radius 3 is 2.64 bits per heavy atom. The Morgan fingerprint density at radius 2 is 1.82 bits per heavy atom. The number of amides is 1. The Labute approximate surface area is 135 Å². The molecule has 0 unspecified atom stereocenters. The molecule has 2 aromatic carbocycles. The van der Waals surface area contributed by atoms with Crippen LogP contribution in [0.3, 0.4) is 0 Å². The maximum atomic E-state index is 12.4. The molecule has 3 nitrogen and oxygen atoms in total. The number of hydrogen-bond acceptors (Lipinski definition) is 2. The maximum absolute atomic E-state index is 12.4. The Morgan fingerprint density at radius 1 is 1.00 bits per heavy atom. The molecule has 1 aliphatic rings. The number of nitrogens with zero attached hydrogens (tertiary/aromatic N) is 1. The van der Waals surface area contributed by atoms with Crippen LogP contribution in [0, 0.1) is 0 Å². The Kier molecular flexibility index (Phi) is 4.54. The fourth-order valence-electron chi connectivity index (χ4n) is 2.56. The fraction of sp³-hybridized carbons (Fsp3) is 0.222. The summed E-state index contributed by atoms with van der Waals surface area (Å²) in [7, 11) is 0. The lowest BCUT2D eigenvalue weighted by Gasteiger charge is -2.15. The van der Waals surface area contributed by atoms with E-state index >= 15 is 0 Å². The van der Waals surface area contributed by atoms with Crippen LogP contribution in [0.5, 0.6) is 0 Å². The summed E-state index contributed by atoms with van der Waals surface area (Å²) < 4.78 is 0. The Bertz CT molecular complexity index is 710. The van der Waals surface area contributed by atoms with Crippen LogP contribution in [0.1, 0.15) is 34.3 Å². The van der Waals surface area contributed by atoms with E-state index in [-0.39, 0.29) is 5.91 Å². The predicted octanol–water partition coefficient (Wildman–Crippen LogP) is 3.70. The molecule has 0 saturated heterocycles. The molecule has 3 rings (SSSR count). The van der Waals surface area contributed by atoms with Crippen molar-refractivity contribution in [2.24, 2.45) is 4.99 Å². The second-order valence-electron chi connectivity index (χ2n) is 5.25. The van der Waals surface area contributed by atoms with E-state index < -0.39 is 0 Å². The number of fused-ring (bicyclic) bond motifs is 1. The van der Waals surface area contributed by atoms with E-state index in [0.29, 0.717) is 17.1 Å². The van der Waals surface area contributed by atoms with Crippen molar-refractivity contribution in [3.8, 4) is 0 Å². The number of benzene rings is 2. The van der Waals surface area contributed by atoms with Crippen LogP contribution in [0.15, 0.2) is 53.5 Å². The van der Waals surface area contributed by atoms with Crippen LogP contribution in [-0.4, -0.2) is 24.7 Å². The highest BCUT2D eigenvalue weighted by Crippen LogP contribution is 2.21. The molecule has 1 N–H and O–H groups in total. The number of hydrogen-bond donors (Lipinski definition) is 1. The lowest BCUT2D eigenvalue weighted by atomic mass is 9.96. The number of rotatable bonds is 1. The van der Waals surface area contributed by atoms with Gasteiger partial charge in [-0.3, -0.25) is 9.79 Å². The van der Waals surface area contributed by atoms with Gasteiger partial charge in [0.15, 0.2) is 0 Å². The third-order valence-corrected chi connectivity index (χ3v) is 3.90. The molecule has 4 heteroatoms. The zero-order valence-corrected chi connectivity index (χ0v) is 12.9. The summed E-state index contributed by atoms with van der Waals surface area (Å²) in [6.45, 7) is 1.42. The smallest absolute Gasteiger partial charge is 0.251 e. The van der Waals surface area contributed by atoms with Crippen LogP contribution >= 0.6 is 11.6 Å². The van der Waals surface area contributed by atoms with Gasteiger partial charge in [0.1, 0.15) is 0 Å². The largest absolute Gasteiger partial charge is 0.352 e. The second kappa shape index (κ2) is 6.75. The van der Waals surface area contributed by atoms with Crippen molar-refractivity contribution in [3.63, 3.8) is 0 Å². The summed E-state index contributed by atoms with van der Waals surface area (Å²) >= 11 is 6.16. The van der Waals surface area contributed by atoms with E-state index in [1.165, 1.54) is 0 Å². The summed E-state index contributed by atoms with van der Waals surface area (Å²) in [5.74, 6) is -0.0720. The predicted molar refractivity (Wildman–Crippen MR) is 90.0 cm³/mol. The first kappa shape index (κ1) is 14.8. The van der Waals surface area contributed by atoms with Crippen molar-refractivity contribution in [1.82, 2.24) is 5.32 Å². The first-order valence-corrected chi connectivity index (χ1v) is 7.81. The van der Waals surface area contributed by atoms with Crippen molar-refractivity contribution in [3.05, 3.63) is 70.2 Å². The Hall–Kier alpha value is -2.13. The minimum Gasteiger partial charge on any atom is -0.352 e. The third-order valence-electron chi connectivity index (χ3n) is 3.67. The molecule has 0 spiro atoms. The standard InChI is InChI=1S/C18H17ClN2O/c19-14-8-9-15-16(12-14)17(13-6-2-1-3-7-13)20-10-4-5-11-21-18(15)22/h1-3,6-9,12H,4-5,10-11H2,(H,21,22). The zero-order chi connectivity index (χ0) is 15.4. The van der Waals surface area contributed by atoms with Gasteiger partial charge >= 0.3 is 0 Å². The van der Waals surface area contributed by atoms with Crippen molar-refractivity contribution in [2.45, 2.75) is 12.8 Å². The molecule has 1 heterocycles. The van der Waals surface area contributed by atoms with Gasteiger partial charge in [-0.25, -0.2) is 0 Å². The molecular weight excluding hydrogens is 296 g/mol. The fourth-order valence-corrected chi connectivity index (χ4v) is 2.74. The topological polar surface area (TPSA) is 41.5 Å². The molecule has 2 aromatic rings. The minimum absolute atomic E-state index is 0.0720. The van der Waals surface area contributed by atoms with Gasteiger partial charge in [0.25, 0.3) is 5.91 Å².